The predicted molar refractivity (Wildman–Crippen MR) is 139 cm³/mol. The van der Waals surface area contributed by atoms with Crippen molar-refractivity contribution in [1.29, 1.82) is 0 Å². The number of amides is 1. The number of hydrogen-bond acceptors (Lipinski definition) is 5. The number of nitrogens with zero attached hydrogens (tertiary/aromatic N) is 2. The zero-order valence-corrected chi connectivity index (χ0v) is 21.1. The van der Waals surface area contributed by atoms with Gasteiger partial charge < -0.3 is 15.5 Å². The zero-order chi connectivity index (χ0) is 24.3. The van der Waals surface area contributed by atoms with Crippen molar-refractivity contribution < 1.29 is 9.53 Å². The van der Waals surface area contributed by atoms with Gasteiger partial charge >= 0.3 is 0 Å². The Hall–Kier alpha value is -2.83. The van der Waals surface area contributed by atoms with Gasteiger partial charge in [0.25, 0.3) is 5.91 Å². The molecule has 2 aromatic rings. The standard InChI is InChI=1S/C27H35ClN4O2/c1-4-8-26(31-29-17-23-16-24(28)11-12-25(23)34-19-20(2)3)30-27(33)22-10-7-9-21(15-22)18-32-13-5-6-14-32/h4,7-12,15-16,20,29H,5-6,13-14,17-19H2,1-3H3,(H,30,31,33)/b8-4+. The summed E-state index contributed by atoms with van der Waals surface area (Å²) in [5.41, 5.74) is 5.70. The molecule has 0 radical (unpaired) electrons. The van der Waals surface area contributed by atoms with E-state index in [0.717, 1.165) is 36.5 Å². The molecule has 6 nitrogen and oxygen atoms in total. The minimum Gasteiger partial charge on any atom is -0.493 e. The molecule has 3 rings (SSSR count). The van der Waals surface area contributed by atoms with E-state index in [4.69, 9.17) is 16.3 Å². The molecule has 182 valence electrons. The third-order valence-electron chi connectivity index (χ3n) is 5.42. The van der Waals surface area contributed by atoms with Gasteiger partial charge in [0.2, 0.25) is 0 Å². The van der Waals surface area contributed by atoms with Gasteiger partial charge in [-0.05, 0) is 80.7 Å². The number of halogens is 1. The van der Waals surface area contributed by atoms with Gasteiger partial charge in [-0.1, -0.05) is 43.7 Å². The molecule has 0 spiro atoms. The van der Waals surface area contributed by atoms with E-state index in [1.165, 1.54) is 12.8 Å². The monoisotopic (exact) mass is 482 g/mol. The van der Waals surface area contributed by atoms with Crippen LogP contribution in [0.1, 0.15) is 55.1 Å². The molecule has 0 bridgehead atoms. The normalized spacial score (nSPS) is 14.7. The molecule has 0 atom stereocenters. The van der Waals surface area contributed by atoms with Crippen molar-refractivity contribution in [3.8, 4) is 5.75 Å². The predicted octanol–water partition coefficient (Wildman–Crippen LogP) is 5.38. The minimum atomic E-state index is -0.189. The van der Waals surface area contributed by atoms with Gasteiger partial charge in [-0.2, -0.15) is 5.10 Å². The summed E-state index contributed by atoms with van der Waals surface area (Å²) in [5.74, 6) is 1.43. The lowest BCUT2D eigenvalue weighted by atomic mass is 10.1. The van der Waals surface area contributed by atoms with Crippen molar-refractivity contribution in [2.75, 3.05) is 19.7 Å². The van der Waals surface area contributed by atoms with Crippen LogP contribution in [0.5, 0.6) is 5.75 Å². The molecule has 0 aliphatic carbocycles. The first kappa shape index (κ1) is 25.8. The maximum absolute atomic E-state index is 12.9. The number of hydrogen-bond donors (Lipinski definition) is 2. The van der Waals surface area contributed by atoms with E-state index in [0.29, 0.717) is 35.5 Å². The molecule has 1 aliphatic heterocycles. The number of likely N-dealkylation sites (tertiary alicyclic amines) is 1. The molecule has 1 amide bonds. The summed E-state index contributed by atoms with van der Waals surface area (Å²) in [5, 5.41) is 7.92. The second kappa shape index (κ2) is 13.2. The van der Waals surface area contributed by atoms with E-state index in [2.05, 4.69) is 40.7 Å². The number of hydrazone groups is 1. The smallest absolute Gasteiger partial charge is 0.256 e. The highest BCUT2D eigenvalue weighted by atomic mass is 35.5. The van der Waals surface area contributed by atoms with Gasteiger partial charge in [0.1, 0.15) is 5.75 Å². The van der Waals surface area contributed by atoms with Crippen molar-refractivity contribution in [3.05, 3.63) is 76.3 Å². The van der Waals surface area contributed by atoms with E-state index >= 15 is 0 Å². The Labute approximate surface area is 208 Å². The van der Waals surface area contributed by atoms with Crippen LogP contribution in [-0.2, 0) is 13.1 Å². The molecular weight excluding hydrogens is 448 g/mol. The van der Waals surface area contributed by atoms with Crippen LogP contribution in [0.15, 0.2) is 59.7 Å². The van der Waals surface area contributed by atoms with Crippen molar-refractivity contribution in [2.45, 2.75) is 46.7 Å². The van der Waals surface area contributed by atoms with Crippen molar-refractivity contribution >= 4 is 23.3 Å². The fraction of sp³-hybridized carbons (Fsp3) is 0.407. The highest BCUT2D eigenvalue weighted by molar-refractivity contribution is 6.30. The SMILES string of the molecule is C/C=C/C(=N\NCc1cc(Cl)ccc1OCC(C)C)NC(=O)c1cccc(CN2CCCC2)c1. The van der Waals surface area contributed by atoms with Crippen LogP contribution in [0.25, 0.3) is 0 Å². The lowest BCUT2D eigenvalue weighted by Gasteiger charge is -2.15. The average molecular weight is 483 g/mol. The molecule has 1 aliphatic rings. The lowest BCUT2D eigenvalue weighted by Crippen LogP contribution is -2.31. The van der Waals surface area contributed by atoms with Crippen LogP contribution >= 0.6 is 11.6 Å². The van der Waals surface area contributed by atoms with E-state index in [-0.39, 0.29) is 5.91 Å². The Morgan fingerprint density at radius 3 is 2.74 bits per heavy atom. The third kappa shape index (κ3) is 8.19. The fourth-order valence-electron chi connectivity index (χ4n) is 3.76. The maximum Gasteiger partial charge on any atom is 0.256 e. The number of allylic oxidation sites excluding steroid dienone is 1. The Kier molecular flexibility index (Phi) is 9.98. The van der Waals surface area contributed by atoms with Crippen LogP contribution < -0.4 is 15.5 Å². The van der Waals surface area contributed by atoms with Crippen molar-refractivity contribution in [3.63, 3.8) is 0 Å². The van der Waals surface area contributed by atoms with Crippen LogP contribution in [0.2, 0.25) is 5.02 Å². The first-order valence-electron chi connectivity index (χ1n) is 11.9. The molecule has 1 heterocycles. The summed E-state index contributed by atoms with van der Waals surface area (Å²) in [6.07, 6.45) is 6.09. The van der Waals surface area contributed by atoms with E-state index in [1.807, 2.05) is 49.4 Å². The molecule has 1 fully saturated rings. The van der Waals surface area contributed by atoms with Crippen LogP contribution in [0.3, 0.4) is 0 Å². The molecule has 34 heavy (non-hydrogen) atoms. The molecular formula is C27H35ClN4O2. The molecule has 0 aromatic heterocycles. The summed E-state index contributed by atoms with van der Waals surface area (Å²) >= 11 is 6.18. The number of rotatable bonds is 10. The summed E-state index contributed by atoms with van der Waals surface area (Å²) in [6, 6.07) is 13.3. The van der Waals surface area contributed by atoms with Crippen LogP contribution in [0.4, 0.5) is 0 Å². The summed E-state index contributed by atoms with van der Waals surface area (Å²) in [7, 11) is 0. The van der Waals surface area contributed by atoms with Crippen LogP contribution in [0, 0.1) is 5.92 Å². The number of carbonyl (C=O) groups excluding carboxylic acids is 1. The highest BCUT2D eigenvalue weighted by Gasteiger charge is 2.14. The topological polar surface area (TPSA) is 66.0 Å². The first-order chi connectivity index (χ1) is 16.4. The molecule has 7 heteroatoms. The van der Waals surface area contributed by atoms with E-state index in [9.17, 15) is 4.79 Å². The van der Waals surface area contributed by atoms with Gasteiger partial charge in [0.15, 0.2) is 5.84 Å². The quantitative estimate of drug-likeness (QED) is 0.271. The second-order valence-corrected chi connectivity index (χ2v) is 9.36. The largest absolute Gasteiger partial charge is 0.493 e. The number of benzene rings is 2. The minimum absolute atomic E-state index is 0.189. The van der Waals surface area contributed by atoms with Gasteiger partial charge in [-0.3, -0.25) is 9.69 Å². The average Bonchev–Trinajstić information content (AvgIpc) is 3.31. The second-order valence-electron chi connectivity index (χ2n) is 8.93. The maximum atomic E-state index is 12.9. The molecule has 0 unspecified atom stereocenters. The number of nitrogens with one attached hydrogen (secondary N) is 2. The number of ether oxygens (including phenoxy) is 1. The van der Waals surface area contributed by atoms with Crippen molar-refractivity contribution in [1.82, 2.24) is 15.6 Å². The zero-order valence-electron chi connectivity index (χ0n) is 20.3. The Morgan fingerprint density at radius 1 is 1.21 bits per heavy atom. The summed E-state index contributed by atoms with van der Waals surface area (Å²) in [4.78, 5) is 15.3. The molecule has 2 N–H and O–H groups in total. The lowest BCUT2D eigenvalue weighted by molar-refractivity contribution is 0.0977. The van der Waals surface area contributed by atoms with Crippen molar-refractivity contribution in [2.24, 2.45) is 11.0 Å². The summed E-state index contributed by atoms with van der Waals surface area (Å²) in [6.45, 7) is 10.2. The number of amidine groups is 1. The molecule has 0 saturated carbocycles. The van der Waals surface area contributed by atoms with E-state index in [1.54, 1.807) is 6.08 Å². The van der Waals surface area contributed by atoms with Gasteiger partial charge in [0.05, 0.1) is 13.2 Å². The van der Waals surface area contributed by atoms with E-state index < -0.39 is 0 Å². The number of carbonyl (C=O) groups is 1. The first-order valence-corrected chi connectivity index (χ1v) is 12.3. The van der Waals surface area contributed by atoms with Gasteiger partial charge in [-0.15, -0.1) is 0 Å². The highest BCUT2D eigenvalue weighted by Crippen LogP contribution is 2.23. The fourth-order valence-corrected chi connectivity index (χ4v) is 3.95. The van der Waals surface area contributed by atoms with Crippen LogP contribution in [-0.4, -0.2) is 36.3 Å². The summed E-state index contributed by atoms with van der Waals surface area (Å²) < 4.78 is 5.91. The molecule has 1 saturated heterocycles. The third-order valence-corrected chi connectivity index (χ3v) is 5.66. The Morgan fingerprint density at radius 2 is 2.00 bits per heavy atom. The molecule has 2 aromatic carbocycles. The van der Waals surface area contributed by atoms with Gasteiger partial charge in [0, 0.05) is 22.7 Å². The Bertz CT molecular complexity index is 1010. The van der Waals surface area contributed by atoms with Gasteiger partial charge in [-0.25, -0.2) is 0 Å². The Balaban J connectivity index is 1.63.